The van der Waals surface area contributed by atoms with Crippen molar-refractivity contribution >= 4 is 15.9 Å². The van der Waals surface area contributed by atoms with Gasteiger partial charge in [0.1, 0.15) is 5.82 Å². The summed E-state index contributed by atoms with van der Waals surface area (Å²) in [7, 11) is 0. The van der Waals surface area contributed by atoms with E-state index in [9.17, 15) is 0 Å². The normalized spacial score (nSPS) is 11.1. The van der Waals surface area contributed by atoms with Crippen molar-refractivity contribution in [1.29, 1.82) is 0 Å². The molecule has 0 saturated heterocycles. The summed E-state index contributed by atoms with van der Waals surface area (Å²) in [6, 6.07) is 10.7. The van der Waals surface area contributed by atoms with Gasteiger partial charge < -0.3 is 5.32 Å². The van der Waals surface area contributed by atoms with Crippen LogP contribution >= 0.6 is 15.9 Å². The van der Waals surface area contributed by atoms with Crippen LogP contribution in [0.1, 0.15) is 36.6 Å². The average Bonchev–Trinajstić information content (AvgIpc) is 2.38. The molecule has 0 spiro atoms. The highest BCUT2D eigenvalue weighted by Crippen LogP contribution is 2.18. The van der Waals surface area contributed by atoms with Crippen molar-refractivity contribution in [2.45, 2.75) is 39.8 Å². The lowest BCUT2D eigenvalue weighted by molar-refractivity contribution is 0.578. The van der Waals surface area contributed by atoms with E-state index >= 15 is 0 Å². The molecular weight excluding hydrogens is 314 g/mol. The van der Waals surface area contributed by atoms with Crippen LogP contribution < -0.4 is 5.32 Å². The van der Waals surface area contributed by atoms with E-state index in [1.807, 2.05) is 31.2 Å². The molecule has 2 aromatic rings. The van der Waals surface area contributed by atoms with E-state index < -0.39 is 0 Å². The van der Waals surface area contributed by atoms with Gasteiger partial charge in [0.2, 0.25) is 0 Å². The number of nitrogens with zero attached hydrogens (tertiary/aromatic N) is 2. The van der Waals surface area contributed by atoms with Crippen LogP contribution in [0.25, 0.3) is 0 Å². The van der Waals surface area contributed by atoms with Gasteiger partial charge in [-0.25, -0.2) is 9.97 Å². The van der Waals surface area contributed by atoms with Crippen LogP contribution in [0, 0.1) is 6.92 Å². The standard InChI is InChI=1S/C16H20BrN3/c1-11(2)18-10-14-8-12(3)19-16(20-14)9-13-6-4-5-7-15(13)17/h4-8,11,18H,9-10H2,1-3H3. The van der Waals surface area contributed by atoms with Gasteiger partial charge in [0.15, 0.2) is 0 Å². The van der Waals surface area contributed by atoms with E-state index in [-0.39, 0.29) is 0 Å². The Balaban J connectivity index is 2.17. The second kappa shape index (κ2) is 6.95. The molecule has 4 heteroatoms. The zero-order valence-electron chi connectivity index (χ0n) is 12.2. The third-order valence-electron chi connectivity index (χ3n) is 2.95. The molecule has 0 atom stereocenters. The molecule has 1 N–H and O–H groups in total. The highest BCUT2D eigenvalue weighted by Gasteiger charge is 2.06. The molecule has 0 radical (unpaired) electrons. The number of nitrogens with one attached hydrogen (secondary N) is 1. The fourth-order valence-electron chi connectivity index (χ4n) is 1.99. The molecule has 20 heavy (non-hydrogen) atoms. The summed E-state index contributed by atoms with van der Waals surface area (Å²) in [6.45, 7) is 7.07. The summed E-state index contributed by atoms with van der Waals surface area (Å²) < 4.78 is 1.10. The largest absolute Gasteiger partial charge is 0.309 e. The first-order valence-electron chi connectivity index (χ1n) is 6.85. The Morgan fingerprint density at radius 3 is 2.65 bits per heavy atom. The van der Waals surface area contributed by atoms with Crippen LogP contribution in [0.4, 0.5) is 0 Å². The van der Waals surface area contributed by atoms with Crippen molar-refractivity contribution in [2.75, 3.05) is 0 Å². The number of hydrogen-bond donors (Lipinski definition) is 1. The minimum Gasteiger partial charge on any atom is -0.309 e. The predicted octanol–water partition coefficient (Wildman–Crippen LogP) is 3.64. The fraction of sp³-hybridized carbons (Fsp3) is 0.375. The Hall–Kier alpha value is -1.26. The first-order valence-corrected chi connectivity index (χ1v) is 7.64. The van der Waals surface area contributed by atoms with E-state index in [0.29, 0.717) is 6.04 Å². The maximum absolute atomic E-state index is 4.65. The van der Waals surface area contributed by atoms with Crippen molar-refractivity contribution in [1.82, 2.24) is 15.3 Å². The predicted molar refractivity (Wildman–Crippen MR) is 85.7 cm³/mol. The smallest absolute Gasteiger partial charge is 0.133 e. The first-order chi connectivity index (χ1) is 9.54. The molecule has 0 aliphatic heterocycles. The van der Waals surface area contributed by atoms with Crippen LogP contribution in [0.3, 0.4) is 0 Å². The molecule has 1 heterocycles. The van der Waals surface area contributed by atoms with Crippen LogP contribution in [0.2, 0.25) is 0 Å². The summed E-state index contributed by atoms with van der Waals surface area (Å²) in [5.74, 6) is 0.873. The zero-order valence-corrected chi connectivity index (χ0v) is 13.7. The molecule has 0 unspecified atom stereocenters. The van der Waals surface area contributed by atoms with Gasteiger partial charge in [0, 0.05) is 29.2 Å². The number of benzene rings is 1. The minimum atomic E-state index is 0.456. The number of hydrogen-bond acceptors (Lipinski definition) is 3. The van der Waals surface area contributed by atoms with Gasteiger partial charge >= 0.3 is 0 Å². The Morgan fingerprint density at radius 1 is 1.20 bits per heavy atom. The molecule has 0 amide bonds. The van der Waals surface area contributed by atoms with Crippen LogP contribution in [0.15, 0.2) is 34.8 Å². The molecule has 1 aromatic heterocycles. The van der Waals surface area contributed by atoms with E-state index in [1.54, 1.807) is 0 Å². The monoisotopic (exact) mass is 333 g/mol. The van der Waals surface area contributed by atoms with Gasteiger partial charge in [-0.05, 0) is 24.6 Å². The van der Waals surface area contributed by atoms with Crippen LogP contribution in [-0.4, -0.2) is 16.0 Å². The Bertz CT molecular complexity index is 582. The average molecular weight is 334 g/mol. The number of rotatable bonds is 5. The summed E-state index contributed by atoms with van der Waals surface area (Å²) in [5, 5.41) is 3.39. The van der Waals surface area contributed by atoms with Crippen molar-refractivity contribution in [3.8, 4) is 0 Å². The maximum Gasteiger partial charge on any atom is 0.133 e. The first kappa shape index (κ1) is 15.1. The molecule has 0 aliphatic carbocycles. The second-order valence-electron chi connectivity index (χ2n) is 5.22. The summed E-state index contributed by atoms with van der Waals surface area (Å²) in [6.07, 6.45) is 0.748. The van der Waals surface area contributed by atoms with Gasteiger partial charge in [-0.3, -0.25) is 0 Å². The molecule has 1 aromatic carbocycles. The molecule has 0 bridgehead atoms. The highest BCUT2D eigenvalue weighted by atomic mass is 79.9. The Morgan fingerprint density at radius 2 is 1.95 bits per heavy atom. The van der Waals surface area contributed by atoms with E-state index in [1.165, 1.54) is 5.56 Å². The van der Waals surface area contributed by atoms with Crippen molar-refractivity contribution < 1.29 is 0 Å². The van der Waals surface area contributed by atoms with E-state index in [0.717, 1.165) is 34.7 Å². The van der Waals surface area contributed by atoms with E-state index in [2.05, 4.69) is 51.1 Å². The molecular formula is C16H20BrN3. The minimum absolute atomic E-state index is 0.456. The van der Waals surface area contributed by atoms with Crippen LogP contribution in [-0.2, 0) is 13.0 Å². The molecule has 0 saturated carbocycles. The number of aryl methyl sites for hydroxylation is 1. The van der Waals surface area contributed by atoms with Gasteiger partial charge in [-0.15, -0.1) is 0 Å². The quantitative estimate of drug-likeness (QED) is 0.907. The SMILES string of the molecule is Cc1cc(CNC(C)C)nc(Cc2ccccc2Br)n1. The lowest BCUT2D eigenvalue weighted by Crippen LogP contribution is -2.23. The molecule has 2 rings (SSSR count). The summed E-state index contributed by atoms with van der Waals surface area (Å²) in [5.41, 5.74) is 3.27. The zero-order chi connectivity index (χ0) is 14.5. The van der Waals surface area contributed by atoms with Crippen LogP contribution in [0.5, 0.6) is 0 Å². The summed E-state index contributed by atoms with van der Waals surface area (Å²) >= 11 is 3.57. The second-order valence-corrected chi connectivity index (χ2v) is 6.08. The lowest BCUT2D eigenvalue weighted by Gasteiger charge is -2.10. The Kier molecular flexibility index (Phi) is 5.26. The number of aromatic nitrogens is 2. The van der Waals surface area contributed by atoms with Gasteiger partial charge in [-0.1, -0.05) is 48.0 Å². The van der Waals surface area contributed by atoms with Crippen molar-refractivity contribution in [3.63, 3.8) is 0 Å². The maximum atomic E-state index is 4.65. The lowest BCUT2D eigenvalue weighted by atomic mass is 10.1. The fourth-order valence-corrected chi connectivity index (χ4v) is 2.42. The molecule has 0 fully saturated rings. The Labute approximate surface area is 129 Å². The van der Waals surface area contributed by atoms with Gasteiger partial charge in [0.25, 0.3) is 0 Å². The third kappa shape index (κ3) is 4.39. The topological polar surface area (TPSA) is 37.8 Å². The molecule has 106 valence electrons. The molecule has 3 nitrogen and oxygen atoms in total. The third-order valence-corrected chi connectivity index (χ3v) is 3.73. The summed E-state index contributed by atoms with van der Waals surface area (Å²) in [4.78, 5) is 9.19. The van der Waals surface area contributed by atoms with Gasteiger partial charge in [0.05, 0.1) is 5.69 Å². The van der Waals surface area contributed by atoms with Crippen molar-refractivity contribution in [2.24, 2.45) is 0 Å². The van der Waals surface area contributed by atoms with Crippen molar-refractivity contribution in [3.05, 3.63) is 57.6 Å². The van der Waals surface area contributed by atoms with Gasteiger partial charge in [-0.2, -0.15) is 0 Å². The number of halogens is 1. The molecule has 0 aliphatic rings. The highest BCUT2D eigenvalue weighted by molar-refractivity contribution is 9.10. The van der Waals surface area contributed by atoms with E-state index in [4.69, 9.17) is 0 Å².